The number of methoxy groups -OCH3 is 1. The first-order valence-electron chi connectivity index (χ1n) is 6.01. The summed E-state index contributed by atoms with van der Waals surface area (Å²) >= 11 is 0. The highest BCUT2D eigenvalue weighted by Gasteiger charge is 2.21. The van der Waals surface area contributed by atoms with Crippen molar-refractivity contribution in [2.45, 2.75) is 37.4 Å². The first-order valence-corrected chi connectivity index (χ1v) is 7.49. The van der Waals surface area contributed by atoms with Crippen molar-refractivity contribution in [3.8, 4) is 0 Å². The molecule has 0 radical (unpaired) electrons. The largest absolute Gasteiger partial charge is 0.389 e. The lowest BCUT2D eigenvalue weighted by atomic mass is 10.1. The van der Waals surface area contributed by atoms with Crippen molar-refractivity contribution in [2.24, 2.45) is 0 Å². The third-order valence-corrected chi connectivity index (χ3v) is 4.33. The minimum Gasteiger partial charge on any atom is -0.389 e. The Labute approximate surface area is 114 Å². The highest BCUT2D eigenvalue weighted by molar-refractivity contribution is 7.89. The number of hydrogen-bond acceptors (Lipinski definition) is 4. The van der Waals surface area contributed by atoms with Gasteiger partial charge in [0.25, 0.3) is 0 Å². The van der Waals surface area contributed by atoms with Gasteiger partial charge in [-0.2, -0.15) is 0 Å². The van der Waals surface area contributed by atoms with E-state index in [0.717, 1.165) is 0 Å². The molecule has 5 nitrogen and oxygen atoms in total. The second-order valence-corrected chi connectivity index (χ2v) is 6.80. The Bertz CT molecular complexity index is 506. The van der Waals surface area contributed by atoms with Crippen LogP contribution in [-0.2, 0) is 14.8 Å². The molecule has 0 spiro atoms. The van der Waals surface area contributed by atoms with Gasteiger partial charge in [0.1, 0.15) is 0 Å². The van der Waals surface area contributed by atoms with Crippen LogP contribution in [-0.4, -0.2) is 32.8 Å². The first kappa shape index (κ1) is 16.1. The van der Waals surface area contributed by atoms with Gasteiger partial charge < -0.3 is 9.84 Å². The highest BCUT2D eigenvalue weighted by atomic mass is 32.2. The van der Waals surface area contributed by atoms with E-state index in [1.165, 1.54) is 19.2 Å². The van der Waals surface area contributed by atoms with Crippen LogP contribution in [0.1, 0.15) is 32.4 Å². The smallest absolute Gasteiger partial charge is 0.240 e. The molecule has 1 atom stereocenters. The average molecular weight is 287 g/mol. The van der Waals surface area contributed by atoms with Crippen LogP contribution in [0.2, 0.25) is 0 Å². The van der Waals surface area contributed by atoms with E-state index in [4.69, 9.17) is 4.74 Å². The molecule has 1 rings (SSSR count). The summed E-state index contributed by atoms with van der Waals surface area (Å²) in [5, 5.41) is 9.38. The van der Waals surface area contributed by atoms with Crippen LogP contribution in [0, 0.1) is 0 Å². The second kappa shape index (κ2) is 6.00. The summed E-state index contributed by atoms with van der Waals surface area (Å²) in [5.74, 6) is 0. The van der Waals surface area contributed by atoms with Crippen LogP contribution in [0.15, 0.2) is 29.2 Å². The lowest BCUT2D eigenvalue weighted by Crippen LogP contribution is -2.39. The number of sulfonamides is 1. The second-order valence-electron chi connectivity index (χ2n) is 5.03. The van der Waals surface area contributed by atoms with Crippen molar-refractivity contribution in [3.63, 3.8) is 0 Å². The number of nitrogens with one attached hydrogen (secondary N) is 1. The maximum atomic E-state index is 12.0. The summed E-state index contributed by atoms with van der Waals surface area (Å²) in [6.45, 7) is 5.41. The van der Waals surface area contributed by atoms with Crippen LogP contribution in [0.3, 0.4) is 0 Å². The van der Waals surface area contributed by atoms with Gasteiger partial charge in [0, 0.05) is 13.7 Å². The molecular weight excluding hydrogens is 266 g/mol. The zero-order valence-corrected chi connectivity index (χ0v) is 12.5. The summed E-state index contributed by atoms with van der Waals surface area (Å²) in [6.07, 6.45) is -0.614. The minimum atomic E-state index is -3.56. The molecule has 1 aromatic rings. The standard InChI is InChI=1S/C13H21NO4S/c1-10(15)11-5-7-12(8-6-11)19(16,17)14-9-13(2,3)18-4/h5-8,10,14-15H,9H2,1-4H3. The van der Waals surface area contributed by atoms with E-state index in [9.17, 15) is 13.5 Å². The summed E-state index contributed by atoms with van der Waals surface area (Å²) in [4.78, 5) is 0.170. The molecule has 0 aliphatic carbocycles. The Kier molecular flexibility index (Phi) is 5.09. The molecule has 0 heterocycles. The molecule has 0 aliphatic heterocycles. The Morgan fingerprint density at radius 2 is 1.84 bits per heavy atom. The molecule has 1 unspecified atom stereocenters. The fraction of sp³-hybridized carbons (Fsp3) is 0.538. The fourth-order valence-corrected chi connectivity index (χ4v) is 2.55. The first-order chi connectivity index (χ1) is 8.68. The van der Waals surface area contributed by atoms with Gasteiger partial charge in [0.05, 0.1) is 16.6 Å². The normalized spacial score (nSPS) is 14.4. The number of ether oxygens (including phenoxy) is 1. The lowest BCUT2D eigenvalue weighted by Gasteiger charge is -2.23. The van der Waals surface area contributed by atoms with Gasteiger partial charge in [-0.25, -0.2) is 13.1 Å². The molecule has 0 amide bonds. The molecule has 6 heteroatoms. The fourth-order valence-electron chi connectivity index (χ4n) is 1.35. The van der Waals surface area contributed by atoms with Crippen LogP contribution in [0.25, 0.3) is 0 Å². The van der Waals surface area contributed by atoms with Crippen LogP contribution < -0.4 is 4.72 Å². The molecule has 0 fully saturated rings. The van der Waals surface area contributed by atoms with E-state index >= 15 is 0 Å². The number of aliphatic hydroxyl groups excluding tert-OH is 1. The zero-order valence-electron chi connectivity index (χ0n) is 11.7. The van der Waals surface area contributed by atoms with Crippen LogP contribution in [0.4, 0.5) is 0 Å². The van der Waals surface area contributed by atoms with E-state index in [1.807, 2.05) is 0 Å². The molecule has 0 aromatic heterocycles. The Morgan fingerprint density at radius 1 is 1.32 bits per heavy atom. The van der Waals surface area contributed by atoms with Gasteiger partial charge in [-0.1, -0.05) is 12.1 Å². The summed E-state index contributed by atoms with van der Waals surface area (Å²) in [7, 11) is -2.02. The van der Waals surface area contributed by atoms with E-state index in [1.54, 1.807) is 32.9 Å². The monoisotopic (exact) mass is 287 g/mol. The van der Waals surface area contributed by atoms with E-state index in [2.05, 4.69) is 4.72 Å². The van der Waals surface area contributed by atoms with E-state index in [0.29, 0.717) is 5.56 Å². The van der Waals surface area contributed by atoms with Gasteiger partial charge in [0.15, 0.2) is 0 Å². The molecule has 1 aromatic carbocycles. The Morgan fingerprint density at radius 3 is 2.26 bits per heavy atom. The third kappa shape index (κ3) is 4.58. The number of benzene rings is 1. The topological polar surface area (TPSA) is 75.6 Å². The predicted molar refractivity (Wildman–Crippen MR) is 73.4 cm³/mol. The molecule has 19 heavy (non-hydrogen) atoms. The van der Waals surface area contributed by atoms with Gasteiger partial charge >= 0.3 is 0 Å². The van der Waals surface area contributed by atoms with Crippen molar-refractivity contribution >= 4 is 10.0 Å². The predicted octanol–water partition coefficient (Wildman–Crippen LogP) is 1.44. The van der Waals surface area contributed by atoms with Gasteiger partial charge in [-0.3, -0.25) is 0 Å². The molecule has 2 N–H and O–H groups in total. The van der Waals surface area contributed by atoms with Crippen molar-refractivity contribution in [1.29, 1.82) is 0 Å². The maximum Gasteiger partial charge on any atom is 0.240 e. The van der Waals surface area contributed by atoms with E-state index in [-0.39, 0.29) is 11.4 Å². The summed E-state index contributed by atoms with van der Waals surface area (Å²) in [5.41, 5.74) is 0.114. The quantitative estimate of drug-likeness (QED) is 0.830. The molecule has 108 valence electrons. The van der Waals surface area contributed by atoms with Crippen molar-refractivity contribution in [1.82, 2.24) is 4.72 Å². The Balaban J connectivity index is 2.83. The molecule has 0 aliphatic rings. The van der Waals surface area contributed by atoms with Crippen molar-refractivity contribution < 1.29 is 18.3 Å². The Hall–Kier alpha value is -0.950. The highest BCUT2D eigenvalue weighted by Crippen LogP contribution is 2.16. The van der Waals surface area contributed by atoms with Gasteiger partial charge in [-0.05, 0) is 38.5 Å². The number of hydrogen-bond donors (Lipinski definition) is 2. The van der Waals surface area contributed by atoms with Gasteiger partial charge in [-0.15, -0.1) is 0 Å². The summed E-state index contributed by atoms with van der Waals surface area (Å²) in [6, 6.07) is 6.15. The minimum absolute atomic E-state index is 0.170. The SMILES string of the molecule is COC(C)(C)CNS(=O)(=O)c1ccc(C(C)O)cc1. The van der Waals surface area contributed by atoms with Gasteiger partial charge in [0.2, 0.25) is 10.0 Å². The number of rotatable bonds is 6. The van der Waals surface area contributed by atoms with Crippen molar-refractivity contribution in [2.75, 3.05) is 13.7 Å². The molecule has 0 saturated carbocycles. The summed E-state index contributed by atoms with van der Waals surface area (Å²) < 4.78 is 31.8. The van der Waals surface area contributed by atoms with Crippen molar-refractivity contribution in [3.05, 3.63) is 29.8 Å². The molecule has 0 saturated heterocycles. The average Bonchev–Trinajstić information content (AvgIpc) is 2.37. The van der Waals surface area contributed by atoms with Crippen LogP contribution in [0.5, 0.6) is 0 Å². The van der Waals surface area contributed by atoms with E-state index < -0.39 is 21.7 Å². The lowest BCUT2D eigenvalue weighted by molar-refractivity contribution is 0.0276. The zero-order chi connectivity index (χ0) is 14.7. The maximum absolute atomic E-state index is 12.0. The van der Waals surface area contributed by atoms with Crippen LogP contribution >= 0.6 is 0 Å². The molecule has 0 bridgehead atoms. The number of aliphatic hydroxyl groups is 1. The molecular formula is C13H21NO4S. The third-order valence-electron chi connectivity index (χ3n) is 2.91.